The van der Waals surface area contributed by atoms with Crippen molar-refractivity contribution >= 4 is 34.0 Å². The molecule has 6 nitrogen and oxygen atoms in total. The van der Waals surface area contributed by atoms with E-state index in [4.69, 9.17) is 0 Å². The molecule has 0 spiro atoms. The van der Waals surface area contributed by atoms with Crippen LogP contribution in [0.1, 0.15) is 41.8 Å². The van der Waals surface area contributed by atoms with Crippen molar-refractivity contribution in [2.24, 2.45) is 0 Å². The van der Waals surface area contributed by atoms with Crippen LogP contribution in [0.4, 0.5) is 10.8 Å². The van der Waals surface area contributed by atoms with Gasteiger partial charge in [-0.1, -0.05) is 24.3 Å². The van der Waals surface area contributed by atoms with Gasteiger partial charge in [0.1, 0.15) is 5.01 Å². The lowest BCUT2D eigenvalue weighted by atomic mass is 10.1. The molecule has 1 aliphatic rings. The van der Waals surface area contributed by atoms with E-state index in [0.717, 1.165) is 10.7 Å². The second kappa shape index (κ2) is 6.68. The normalized spacial score (nSPS) is 17.4. The van der Waals surface area contributed by atoms with Gasteiger partial charge in [-0.25, -0.2) is 0 Å². The first-order valence-electron chi connectivity index (χ1n) is 7.98. The van der Waals surface area contributed by atoms with E-state index in [-0.39, 0.29) is 17.7 Å². The van der Waals surface area contributed by atoms with E-state index in [1.165, 1.54) is 22.5 Å². The van der Waals surface area contributed by atoms with Crippen molar-refractivity contribution in [1.82, 2.24) is 10.2 Å². The SMILES string of the molecule is CCC(=O)Nc1nnc([C@H]2CC(=O)N(c3ccc(C)c(C)c3)C2)s1. The summed E-state index contributed by atoms with van der Waals surface area (Å²) in [7, 11) is 0. The summed E-state index contributed by atoms with van der Waals surface area (Å²) in [5.74, 6) is 0.0263. The molecular weight excluding hydrogens is 324 g/mol. The molecule has 0 aliphatic carbocycles. The number of nitrogens with one attached hydrogen (secondary N) is 1. The summed E-state index contributed by atoms with van der Waals surface area (Å²) in [5.41, 5.74) is 3.31. The van der Waals surface area contributed by atoms with Gasteiger partial charge in [-0.05, 0) is 37.1 Å². The zero-order chi connectivity index (χ0) is 17.3. The predicted molar refractivity (Wildman–Crippen MR) is 94.5 cm³/mol. The topological polar surface area (TPSA) is 75.2 Å². The fourth-order valence-corrected chi connectivity index (χ4v) is 3.52. The first kappa shape index (κ1) is 16.6. The Bertz CT molecular complexity index is 787. The van der Waals surface area contributed by atoms with Crippen molar-refractivity contribution in [3.63, 3.8) is 0 Å². The van der Waals surface area contributed by atoms with Crippen LogP contribution in [-0.4, -0.2) is 28.6 Å². The summed E-state index contributed by atoms with van der Waals surface area (Å²) < 4.78 is 0. The van der Waals surface area contributed by atoms with Gasteiger partial charge in [-0.2, -0.15) is 0 Å². The Hall–Kier alpha value is -2.28. The number of hydrogen-bond donors (Lipinski definition) is 1. The largest absolute Gasteiger partial charge is 0.312 e. The van der Waals surface area contributed by atoms with Crippen LogP contribution in [0.25, 0.3) is 0 Å². The van der Waals surface area contributed by atoms with Crippen molar-refractivity contribution < 1.29 is 9.59 Å². The number of carbonyl (C=O) groups excluding carboxylic acids is 2. The van der Waals surface area contributed by atoms with E-state index < -0.39 is 0 Å². The van der Waals surface area contributed by atoms with Gasteiger partial charge in [-0.15, -0.1) is 10.2 Å². The number of rotatable bonds is 4. The minimum Gasteiger partial charge on any atom is -0.312 e. The maximum absolute atomic E-state index is 12.4. The van der Waals surface area contributed by atoms with Gasteiger partial charge in [0.2, 0.25) is 16.9 Å². The highest BCUT2D eigenvalue weighted by atomic mass is 32.1. The lowest BCUT2D eigenvalue weighted by molar-refractivity contribution is -0.117. The van der Waals surface area contributed by atoms with Crippen LogP contribution in [0.3, 0.4) is 0 Å². The molecule has 2 heterocycles. The van der Waals surface area contributed by atoms with Crippen molar-refractivity contribution in [2.75, 3.05) is 16.8 Å². The Morgan fingerprint density at radius 2 is 2.12 bits per heavy atom. The molecule has 0 radical (unpaired) electrons. The molecule has 2 aromatic rings. The third-order valence-corrected chi connectivity index (χ3v) is 5.29. The molecule has 126 valence electrons. The molecule has 1 aromatic heterocycles. The van der Waals surface area contributed by atoms with Crippen molar-refractivity contribution in [1.29, 1.82) is 0 Å². The van der Waals surface area contributed by atoms with Crippen molar-refractivity contribution in [2.45, 2.75) is 39.5 Å². The van der Waals surface area contributed by atoms with Gasteiger partial charge >= 0.3 is 0 Å². The summed E-state index contributed by atoms with van der Waals surface area (Å²) in [6, 6.07) is 6.06. The zero-order valence-electron chi connectivity index (χ0n) is 14.0. The molecule has 24 heavy (non-hydrogen) atoms. The highest BCUT2D eigenvalue weighted by Gasteiger charge is 2.34. The summed E-state index contributed by atoms with van der Waals surface area (Å²) >= 11 is 1.35. The smallest absolute Gasteiger partial charge is 0.227 e. The van der Waals surface area contributed by atoms with Gasteiger partial charge in [0, 0.05) is 31.0 Å². The van der Waals surface area contributed by atoms with Gasteiger partial charge in [0.25, 0.3) is 0 Å². The first-order chi connectivity index (χ1) is 11.5. The Kier molecular flexibility index (Phi) is 4.62. The Balaban J connectivity index is 1.74. The molecule has 0 unspecified atom stereocenters. The Labute approximate surface area is 144 Å². The third kappa shape index (κ3) is 3.31. The summed E-state index contributed by atoms with van der Waals surface area (Å²) in [6.07, 6.45) is 0.820. The molecule has 1 fully saturated rings. The number of hydrogen-bond acceptors (Lipinski definition) is 5. The Morgan fingerprint density at radius 1 is 1.33 bits per heavy atom. The highest BCUT2D eigenvalue weighted by Crippen LogP contribution is 2.34. The summed E-state index contributed by atoms with van der Waals surface area (Å²) in [4.78, 5) is 25.6. The fraction of sp³-hybridized carbons (Fsp3) is 0.412. The number of amides is 2. The minimum absolute atomic E-state index is 0.0175. The summed E-state index contributed by atoms with van der Waals surface area (Å²) in [6.45, 7) is 6.48. The van der Waals surface area contributed by atoms with Crippen LogP contribution in [0.15, 0.2) is 18.2 Å². The van der Waals surface area contributed by atoms with Gasteiger partial charge in [-0.3, -0.25) is 9.59 Å². The quantitative estimate of drug-likeness (QED) is 0.925. The summed E-state index contributed by atoms with van der Waals surface area (Å²) in [5, 5.41) is 12.2. The number of benzene rings is 1. The number of anilines is 2. The highest BCUT2D eigenvalue weighted by molar-refractivity contribution is 7.15. The second-order valence-corrected chi connectivity index (χ2v) is 7.03. The lowest BCUT2D eigenvalue weighted by Crippen LogP contribution is -2.24. The molecule has 1 saturated heterocycles. The third-order valence-electron chi connectivity index (χ3n) is 4.28. The Morgan fingerprint density at radius 3 is 2.83 bits per heavy atom. The molecule has 1 aliphatic heterocycles. The average Bonchev–Trinajstić information content (AvgIpc) is 3.16. The maximum atomic E-state index is 12.4. The molecule has 3 rings (SSSR count). The van der Waals surface area contributed by atoms with Crippen LogP contribution in [0.5, 0.6) is 0 Å². The van der Waals surface area contributed by atoms with E-state index >= 15 is 0 Å². The van der Waals surface area contributed by atoms with Crippen LogP contribution < -0.4 is 10.2 Å². The maximum Gasteiger partial charge on any atom is 0.227 e. The molecule has 0 bridgehead atoms. The van der Waals surface area contributed by atoms with Crippen LogP contribution in [0, 0.1) is 13.8 Å². The van der Waals surface area contributed by atoms with E-state index in [1.54, 1.807) is 6.92 Å². The van der Waals surface area contributed by atoms with E-state index in [9.17, 15) is 9.59 Å². The number of aromatic nitrogens is 2. The molecule has 0 saturated carbocycles. The molecule has 1 atom stereocenters. The van der Waals surface area contributed by atoms with E-state index in [2.05, 4.69) is 22.4 Å². The monoisotopic (exact) mass is 344 g/mol. The molecule has 1 N–H and O–H groups in total. The molecule has 2 amide bonds. The van der Waals surface area contributed by atoms with Crippen LogP contribution in [-0.2, 0) is 9.59 Å². The van der Waals surface area contributed by atoms with E-state index in [0.29, 0.717) is 24.5 Å². The van der Waals surface area contributed by atoms with Gasteiger partial charge in [0.15, 0.2) is 0 Å². The number of carbonyl (C=O) groups is 2. The molecule has 1 aromatic carbocycles. The van der Waals surface area contributed by atoms with Crippen LogP contribution in [0.2, 0.25) is 0 Å². The van der Waals surface area contributed by atoms with Crippen LogP contribution >= 0.6 is 11.3 Å². The standard InChI is InChI=1S/C17H20N4O2S/c1-4-14(22)18-17-20-19-16(24-17)12-8-15(23)21(9-12)13-6-5-10(2)11(3)7-13/h5-7,12H,4,8-9H2,1-3H3,(H,18,20,22)/t12-/m0/s1. The number of aryl methyl sites for hydroxylation is 2. The predicted octanol–water partition coefficient (Wildman–Crippen LogP) is 3.02. The molecular formula is C17H20N4O2S. The minimum atomic E-state index is -0.0862. The lowest BCUT2D eigenvalue weighted by Gasteiger charge is -2.17. The molecule has 7 heteroatoms. The second-order valence-electron chi connectivity index (χ2n) is 6.02. The number of nitrogens with zero attached hydrogens (tertiary/aromatic N) is 3. The zero-order valence-corrected chi connectivity index (χ0v) is 14.8. The van der Waals surface area contributed by atoms with Crippen molar-refractivity contribution in [3.8, 4) is 0 Å². The van der Waals surface area contributed by atoms with Gasteiger partial charge in [0.05, 0.1) is 0 Å². The van der Waals surface area contributed by atoms with E-state index in [1.807, 2.05) is 30.0 Å². The van der Waals surface area contributed by atoms with Gasteiger partial charge < -0.3 is 10.2 Å². The van der Waals surface area contributed by atoms with Crippen molar-refractivity contribution in [3.05, 3.63) is 34.3 Å². The fourth-order valence-electron chi connectivity index (χ4n) is 2.67. The first-order valence-corrected chi connectivity index (χ1v) is 8.80. The average molecular weight is 344 g/mol.